The number of Topliss-reactive ketones (excluding diaryl/α,β-unsaturated/α-hetero) is 1. The van der Waals surface area contributed by atoms with Crippen molar-refractivity contribution >= 4 is 22.4 Å². The molecule has 138 valence electrons. The zero-order valence-corrected chi connectivity index (χ0v) is 14.7. The Morgan fingerprint density at radius 3 is 2.52 bits per heavy atom. The number of hydrogen-bond acceptors (Lipinski definition) is 6. The van der Waals surface area contributed by atoms with Crippen LogP contribution in [0.2, 0.25) is 0 Å². The number of nitro benzene ring substituents is 1. The molecule has 0 unspecified atom stereocenters. The Labute approximate surface area is 153 Å². The van der Waals surface area contributed by atoms with Crippen LogP contribution in [0.1, 0.15) is 10.4 Å². The summed E-state index contributed by atoms with van der Waals surface area (Å²) in [6.07, 6.45) is 0. The summed E-state index contributed by atoms with van der Waals surface area (Å²) in [5, 5.41) is 11.4. The molecule has 1 heterocycles. The number of ketones is 1. The number of rotatable bonds is 6. The minimum absolute atomic E-state index is 0.0872. The Morgan fingerprint density at radius 2 is 1.85 bits per heavy atom. The van der Waals surface area contributed by atoms with Crippen molar-refractivity contribution in [3.05, 3.63) is 74.6 Å². The third-order valence-electron chi connectivity index (χ3n) is 4.20. The molecule has 0 amide bonds. The van der Waals surface area contributed by atoms with E-state index in [-0.39, 0.29) is 23.6 Å². The molecule has 0 aliphatic rings. The summed E-state index contributed by atoms with van der Waals surface area (Å²) in [4.78, 5) is 35.5. The molecule has 0 fully saturated rings. The molecule has 8 nitrogen and oxygen atoms in total. The standard InChI is InChI=1S/C19H16N2O6/c1-26-14-5-6-15(18(10-14)27-2)17(22)11-20-16-7-4-13(21(24)25)9-12(16)3-8-19(20)23/h3-10H,11H2,1-2H3. The third kappa shape index (κ3) is 3.50. The first kappa shape index (κ1) is 18.1. The molecular formula is C19H16N2O6. The largest absolute Gasteiger partial charge is 0.497 e. The van der Waals surface area contributed by atoms with Crippen molar-refractivity contribution in [1.82, 2.24) is 4.57 Å². The molecule has 8 heteroatoms. The molecule has 3 rings (SSSR count). The summed E-state index contributed by atoms with van der Waals surface area (Å²) >= 11 is 0. The fraction of sp³-hybridized carbons (Fsp3) is 0.158. The quantitative estimate of drug-likeness (QED) is 0.377. The average Bonchev–Trinajstić information content (AvgIpc) is 2.68. The van der Waals surface area contributed by atoms with Gasteiger partial charge in [-0.2, -0.15) is 0 Å². The van der Waals surface area contributed by atoms with Crippen molar-refractivity contribution < 1.29 is 19.2 Å². The maximum atomic E-state index is 12.8. The highest BCUT2D eigenvalue weighted by Crippen LogP contribution is 2.26. The van der Waals surface area contributed by atoms with Gasteiger partial charge >= 0.3 is 0 Å². The first-order chi connectivity index (χ1) is 12.9. The number of carbonyl (C=O) groups excluding carboxylic acids is 1. The molecule has 0 aliphatic heterocycles. The lowest BCUT2D eigenvalue weighted by Crippen LogP contribution is -2.24. The number of benzene rings is 2. The lowest BCUT2D eigenvalue weighted by atomic mass is 10.1. The molecule has 0 bridgehead atoms. The normalized spacial score (nSPS) is 10.6. The van der Waals surface area contributed by atoms with Gasteiger partial charge in [-0.3, -0.25) is 19.7 Å². The van der Waals surface area contributed by atoms with Gasteiger partial charge in [0.25, 0.3) is 11.2 Å². The second-order valence-corrected chi connectivity index (χ2v) is 5.75. The van der Waals surface area contributed by atoms with Crippen LogP contribution in [-0.2, 0) is 6.54 Å². The SMILES string of the molecule is COc1ccc(C(=O)Cn2c(=O)ccc3cc([N+](=O)[O-])ccc32)c(OC)c1. The molecule has 2 aromatic carbocycles. The molecule has 0 atom stereocenters. The number of nitro groups is 1. The van der Waals surface area contributed by atoms with Crippen LogP contribution in [0.3, 0.4) is 0 Å². The van der Waals surface area contributed by atoms with E-state index in [1.165, 1.54) is 49.1 Å². The number of ether oxygens (including phenoxy) is 2. The van der Waals surface area contributed by atoms with Crippen LogP contribution in [0, 0.1) is 10.1 Å². The topological polar surface area (TPSA) is 101 Å². The maximum Gasteiger partial charge on any atom is 0.270 e. The molecule has 1 aromatic heterocycles. The van der Waals surface area contributed by atoms with E-state index in [4.69, 9.17) is 9.47 Å². The van der Waals surface area contributed by atoms with E-state index in [1.807, 2.05) is 0 Å². The number of carbonyl (C=O) groups is 1. The number of non-ortho nitro benzene ring substituents is 1. The zero-order valence-electron chi connectivity index (χ0n) is 14.7. The van der Waals surface area contributed by atoms with Crippen LogP contribution in [0.25, 0.3) is 10.9 Å². The molecule has 0 radical (unpaired) electrons. The highest BCUT2D eigenvalue weighted by atomic mass is 16.6. The summed E-state index contributed by atoms with van der Waals surface area (Å²) in [7, 11) is 2.94. The molecule has 3 aromatic rings. The summed E-state index contributed by atoms with van der Waals surface area (Å²) in [5.41, 5.74) is 0.283. The number of aromatic nitrogens is 1. The van der Waals surface area contributed by atoms with Crippen LogP contribution < -0.4 is 15.0 Å². The molecule has 0 aliphatic carbocycles. The van der Waals surface area contributed by atoms with Crippen LogP contribution >= 0.6 is 0 Å². The van der Waals surface area contributed by atoms with Crippen molar-refractivity contribution in [3.8, 4) is 11.5 Å². The van der Waals surface area contributed by atoms with E-state index in [9.17, 15) is 19.7 Å². The molecule has 27 heavy (non-hydrogen) atoms. The van der Waals surface area contributed by atoms with Gasteiger partial charge in [-0.15, -0.1) is 0 Å². The molecular weight excluding hydrogens is 352 g/mol. The minimum atomic E-state index is -0.512. The van der Waals surface area contributed by atoms with Crippen molar-refractivity contribution in [2.45, 2.75) is 6.54 Å². The van der Waals surface area contributed by atoms with Crippen LogP contribution in [-0.4, -0.2) is 29.5 Å². The summed E-state index contributed by atoms with van der Waals surface area (Å²) in [6.45, 7) is -0.226. The Kier molecular flexibility index (Phi) is 4.89. The highest BCUT2D eigenvalue weighted by Gasteiger charge is 2.16. The fourth-order valence-corrected chi connectivity index (χ4v) is 2.83. The number of hydrogen-bond donors (Lipinski definition) is 0. The Bertz CT molecular complexity index is 1100. The van der Waals surface area contributed by atoms with Gasteiger partial charge < -0.3 is 14.0 Å². The number of pyridine rings is 1. The lowest BCUT2D eigenvalue weighted by Gasteiger charge is -2.12. The predicted octanol–water partition coefficient (Wildman–Crippen LogP) is 2.81. The highest BCUT2D eigenvalue weighted by molar-refractivity contribution is 5.99. The van der Waals surface area contributed by atoms with Crippen LogP contribution in [0.4, 0.5) is 5.69 Å². The predicted molar refractivity (Wildman–Crippen MR) is 98.7 cm³/mol. The third-order valence-corrected chi connectivity index (χ3v) is 4.20. The second kappa shape index (κ2) is 7.28. The number of fused-ring (bicyclic) bond motifs is 1. The van der Waals surface area contributed by atoms with Crippen LogP contribution in [0.5, 0.6) is 11.5 Å². The van der Waals surface area contributed by atoms with E-state index in [1.54, 1.807) is 18.2 Å². The summed E-state index contributed by atoms with van der Waals surface area (Å²) < 4.78 is 11.6. The van der Waals surface area contributed by atoms with Crippen molar-refractivity contribution in [3.63, 3.8) is 0 Å². The van der Waals surface area contributed by atoms with Gasteiger partial charge in [-0.25, -0.2) is 0 Å². The first-order valence-electron chi connectivity index (χ1n) is 7.98. The van der Waals surface area contributed by atoms with Gasteiger partial charge in [0.15, 0.2) is 5.78 Å². The number of methoxy groups -OCH3 is 2. The Morgan fingerprint density at radius 1 is 1.07 bits per heavy atom. The summed E-state index contributed by atoms with van der Waals surface area (Å²) in [5.74, 6) is 0.545. The van der Waals surface area contributed by atoms with E-state index >= 15 is 0 Å². The van der Waals surface area contributed by atoms with Gasteiger partial charge in [-0.05, 0) is 24.3 Å². The molecule has 0 N–H and O–H groups in total. The summed E-state index contributed by atoms with van der Waals surface area (Å²) in [6, 6.07) is 11.7. The second-order valence-electron chi connectivity index (χ2n) is 5.75. The van der Waals surface area contributed by atoms with Crippen molar-refractivity contribution in [2.75, 3.05) is 14.2 Å². The Hall–Kier alpha value is -3.68. The minimum Gasteiger partial charge on any atom is -0.497 e. The van der Waals surface area contributed by atoms with Gasteiger partial charge in [0.05, 0.1) is 36.8 Å². The van der Waals surface area contributed by atoms with Crippen molar-refractivity contribution in [2.24, 2.45) is 0 Å². The monoisotopic (exact) mass is 368 g/mol. The van der Waals surface area contributed by atoms with Crippen LogP contribution in [0.15, 0.2) is 53.3 Å². The zero-order chi connectivity index (χ0) is 19.6. The van der Waals surface area contributed by atoms with Gasteiger partial charge in [-0.1, -0.05) is 0 Å². The smallest absolute Gasteiger partial charge is 0.270 e. The Balaban J connectivity index is 2.04. The molecule has 0 saturated heterocycles. The van der Waals surface area contributed by atoms with Gasteiger partial charge in [0.1, 0.15) is 11.5 Å². The molecule has 0 spiro atoms. The number of nitrogens with zero attached hydrogens (tertiary/aromatic N) is 2. The van der Waals surface area contributed by atoms with Gasteiger partial charge in [0.2, 0.25) is 0 Å². The first-order valence-corrected chi connectivity index (χ1v) is 7.98. The average molecular weight is 368 g/mol. The van der Waals surface area contributed by atoms with Gasteiger partial charge in [0, 0.05) is 29.7 Å². The van der Waals surface area contributed by atoms with E-state index in [2.05, 4.69) is 0 Å². The van der Waals surface area contributed by atoms with E-state index in [0.29, 0.717) is 28.0 Å². The lowest BCUT2D eigenvalue weighted by molar-refractivity contribution is -0.384. The van der Waals surface area contributed by atoms with Crippen molar-refractivity contribution in [1.29, 1.82) is 0 Å². The maximum absolute atomic E-state index is 12.8. The van der Waals surface area contributed by atoms with E-state index in [0.717, 1.165) is 0 Å². The van der Waals surface area contributed by atoms with E-state index < -0.39 is 4.92 Å². The fourth-order valence-electron chi connectivity index (χ4n) is 2.83. The molecule has 0 saturated carbocycles.